The van der Waals surface area contributed by atoms with Crippen LogP contribution >= 0.6 is 23.2 Å². The van der Waals surface area contributed by atoms with Gasteiger partial charge in [-0.15, -0.1) is 0 Å². The molecule has 0 bridgehead atoms. The first-order valence-electron chi connectivity index (χ1n) is 7.69. The molecule has 0 aliphatic heterocycles. The van der Waals surface area contributed by atoms with Crippen LogP contribution in [0.2, 0.25) is 10.0 Å². The van der Waals surface area contributed by atoms with E-state index in [0.29, 0.717) is 32.3 Å². The molecule has 0 radical (unpaired) electrons. The van der Waals surface area contributed by atoms with Gasteiger partial charge in [-0.1, -0.05) is 35.3 Å². The molecule has 0 atom stereocenters. The number of benzene rings is 2. The lowest BCUT2D eigenvalue weighted by atomic mass is 10.1. The maximum Gasteiger partial charge on any atom is 0.344 e. The van der Waals surface area contributed by atoms with Crippen LogP contribution in [-0.2, 0) is 16.1 Å². The van der Waals surface area contributed by atoms with Crippen LogP contribution in [0.25, 0.3) is 11.0 Å². The minimum atomic E-state index is -0.593. The van der Waals surface area contributed by atoms with Gasteiger partial charge < -0.3 is 13.9 Å². The summed E-state index contributed by atoms with van der Waals surface area (Å²) in [4.78, 5) is 23.6. The molecule has 3 aromatic rings. The summed E-state index contributed by atoms with van der Waals surface area (Å²) in [6.07, 6.45) is 0. The van der Waals surface area contributed by atoms with Gasteiger partial charge in [-0.25, -0.2) is 9.59 Å². The van der Waals surface area contributed by atoms with E-state index in [1.54, 1.807) is 18.2 Å². The number of aryl methyl sites for hydroxylation is 1. The molecule has 0 fully saturated rings. The summed E-state index contributed by atoms with van der Waals surface area (Å²) in [5.74, 6) is -0.265. The molecule has 0 saturated heterocycles. The van der Waals surface area contributed by atoms with E-state index in [0.717, 1.165) is 5.56 Å². The third-order valence-corrected chi connectivity index (χ3v) is 4.14. The summed E-state index contributed by atoms with van der Waals surface area (Å²) in [7, 11) is 0. The van der Waals surface area contributed by atoms with Gasteiger partial charge in [0, 0.05) is 22.0 Å². The van der Waals surface area contributed by atoms with E-state index in [4.69, 9.17) is 37.1 Å². The van der Waals surface area contributed by atoms with Crippen molar-refractivity contribution in [2.45, 2.75) is 13.5 Å². The highest BCUT2D eigenvalue weighted by Gasteiger charge is 2.11. The molecule has 1 heterocycles. The Balaban J connectivity index is 1.66. The minimum Gasteiger partial charge on any atom is -0.480 e. The Labute approximate surface area is 159 Å². The van der Waals surface area contributed by atoms with Crippen molar-refractivity contribution in [1.29, 1.82) is 0 Å². The fourth-order valence-corrected chi connectivity index (χ4v) is 2.85. The number of carbonyl (C=O) groups excluding carboxylic acids is 1. The second-order valence-corrected chi connectivity index (χ2v) is 6.46. The van der Waals surface area contributed by atoms with E-state index in [1.807, 2.05) is 19.1 Å². The van der Waals surface area contributed by atoms with Crippen LogP contribution < -0.4 is 10.4 Å². The van der Waals surface area contributed by atoms with Crippen LogP contribution in [0.4, 0.5) is 0 Å². The van der Waals surface area contributed by atoms with Crippen LogP contribution in [0.3, 0.4) is 0 Å². The van der Waals surface area contributed by atoms with Crippen LogP contribution in [0, 0.1) is 6.92 Å². The molecule has 5 nitrogen and oxygen atoms in total. The number of carbonyl (C=O) groups is 1. The van der Waals surface area contributed by atoms with Gasteiger partial charge in [-0.2, -0.15) is 0 Å². The Kier molecular flexibility index (Phi) is 5.49. The van der Waals surface area contributed by atoms with E-state index < -0.39 is 11.6 Å². The number of halogens is 2. The third-order valence-electron chi connectivity index (χ3n) is 3.61. The van der Waals surface area contributed by atoms with Gasteiger partial charge in [0.05, 0.1) is 5.02 Å². The first kappa shape index (κ1) is 18.3. The molecule has 134 valence electrons. The predicted octanol–water partition coefficient (Wildman–Crippen LogP) is 4.53. The number of ether oxygens (including phenoxy) is 2. The first-order chi connectivity index (χ1) is 12.4. The van der Waals surface area contributed by atoms with Gasteiger partial charge in [0.15, 0.2) is 6.61 Å². The van der Waals surface area contributed by atoms with Gasteiger partial charge in [0.25, 0.3) is 0 Å². The topological polar surface area (TPSA) is 65.7 Å². The zero-order valence-corrected chi connectivity index (χ0v) is 15.3. The molecular formula is C19H14Cl2O5. The van der Waals surface area contributed by atoms with Crippen LogP contribution in [-0.4, -0.2) is 12.6 Å². The quantitative estimate of drug-likeness (QED) is 0.471. The average Bonchev–Trinajstić information content (AvgIpc) is 2.58. The molecule has 0 amide bonds. The lowest BCUT2D eigenvalue weighted by Crippen LogP contribution is -2.15. The predicted molar refractivity (Wildman–Crippen MR) is 99.0 cm³/mol. The molecule has 0 spiro atoms. The first-order valence-corrected chi connectivity index (χ1v) is 8.45. The zero-order chi connectivity index (χ0) is 18.7. The van der Waals surface area contributed by atoms with Crippen molar-refractivity contribution < 1.29 is 18.7 Å². The van der Waals surface area contributed by atoms with E-state index >= 15 is 0 Å². The van der Waals surface area contributed by atoms with Crippen molar-refractivity contribution in [3.8, 4) is 5.75 Å². The number of esters is 1. The second kappa shape index (κ2) is 7.81. The normalized spacial score (nSPS) is 10.7. The highest BCUT2D eigenvalue weighted by atomic mass is 35.5. The Morgan fingerprint density at radius 3 is 2.69 bits per heavy atom. The van der Waals surface area contributed by atoms with Gasteiger partial charge in [-0.05, 0) is 36.8 Å². The molecule has 0 aliphatic carbocycles. The van der Waals surface area contributed by atoms with Gasteiger partial charge in [-0.3, -0.25) is 0 Å². The maximum atomic E-state index is 11.9. The van der Waals surface area contributed by atoms with E-state index in [1.165, 1.54) is 12.1 Å². The standard InChI is InChI=1S/C19H14Cl2O5/c1-11-2-4-14-12(7-18(22)26-17(14)6-11)9-25-19(23)10-24-16-5-3-13(20)8-15(16)21/h2-8H,9-10H2,1H3. The molecule has 0 unspecified atom stereocenters. The Morgan fingerprint density at radius 1 is 1.12 bits per heavy atom. The fourth-order valence-electron chi connectivity index (χ4n) is 2.39. The highest BCUT2D eigenvalue weighted by molar-refractivity contribution is 6.35. The van der Waals surface area contributed by atoms with Crippen molar-refractivity contribution in [1.82, 2.24) is 0 Å². The van der Waals surface area contributed by atoms with Crippen molar-refractivity contribution >= 4 is 40.1 Å². The highest BCUT2D eigenvalue weighted by Crippen LogP contribution is 2.27. The largest absolute Gasteiger partial charge is 0.480 e. The zero-order valence-electron chi connectivity index (χ0n) is 13.8. The molecule has 0 aliphatic rings. The van der Waals surface area contributed by atoms with Crippen molar-refractivity contribution in [3.63, 3.8) is 0 Å². The smallest absolute Gasteiger partial charge is 0.344 e. The Bertz CT molecular complexity index is 1030. The monoisotopic (exact) mass is 392 g/mol. The van der Waals surface area contributed by atoms with Crippen LogP contribution in [0.5, 0.6) is 5.75 Å². The molecule has 7 heteroatoms. The number of hydrogen-bond donors (Lipinski definition) is 0. The van der Waals surface area contributed by atoms with Crippen LogP contribution in [0.1, 0.15) is 11.1 Å². The molecule has 26 heavy (non-hydrogen) atoms. The number of rotatable bonds is 5. The summed E-state index contributed by atoms with van der Waals surface area (Å²) in [5, 5.41) is 1.48. The molecule has 0 saturated carbocycles. The summed E-state index contributed by atoms with van der Waals surface area (Å²) in [6.45, 7) is 1.51. The van der Waals surface area contributed by atoms with Gasteiger partial charge in [0.1, 0.15) is 17.9 Å². The van der Waals surface area contributed by atoms with E-state index in [9.17, 15) is 9.59 Å². The number of fused-ring (bicyclic) bond motifs is 1. The summed E-state index contributed by atoms with van der Waals surface area (Å²) in [5.41, 5.74) is 1.48. The average molecular weight is 393 g/mol. The molecule has 3 rings (SSSR count). The summed E-state index contributed by atoms with van der Waals surface area (Å²) >= 11 is 11.8. The van der Waals surface area contributed by atoms with E-state index in [2.05, 4.69) is 0 Å². The molecular weight excluding hydrogens is 379 g/mol. The maximum absolute atomic E-state index is 11.9. The summed E-state index contributed by atoms with van der Waals surface area (Å²) in [6, 6.07) is 11.5. The molecule has 2 aromatic carbocycles. The second-order valence-electron chi connectivity index (χ2n) is 5.61. The number of hydrogen-bond acceptors (Lipinski definition) is 5. The lowest BCUT2D eigenvalue weighted by Gasteiger charge is -2.09. The van der Waals surface area contributed by atoms with Crippen LogP contribution in [0.15, 0.2) is 51.7 Å². The van der Waals surface area contributed by atoms with E-state index in [-0.39, 0.29) is 13.2 Å². The van der Waals surface area contributed by atoms with Crippen molar-refractivity contribution in [2.75, 3.05) is 6.61 Å². The minimum absolute atomic E-state index is 0.0678. The summed E-state index contributed by atoms with van der Waals surface area (Å²) < 4.78 is 15.7. The van der Waals surface area contributed by atoms with Gasteiger partial charge >= 0.3 is 11.6 Å². The fraction of sp³-hybridized carbons (Fsp3) is 0.158. The van der Waals surface area contributed by atoms with Crippen molar-refractivity contribution in [3.05, 3.63) is 74.1 Å². The lowest BCUT2D eigenvalue weighted by molar-refractivity contribution is -0.147. The SMILES string of the molecule is Cc1ccc2c(COC(=O)COc3ccc(Cl)cc3Cl)cc(=O)oc2c1. The Hall–Kier alpha value is -2.50. The molecule has 1 aromatic heterocycles. The van der Waals surface area contributed by atoms with Crippen molar-refractivity contribution in [2.24, 2.45) is 0 Å². The Morgan fingerprint density at radius 2 is 1.92 bits per heavy atom. The molecule has 0 N–H and O–H groups in total. The third kappa shape index (κ3) is 4.36. The van der Waals surface area contributed by atoms with Gasteiger partial charge in [0.2, 0.25) is 0 Å².